The van der Waals surface area contributed by atoms with E-state index < -0.39 is 50.1 Å². The van der Waals surface area contributed by atoms with Gasteiger partial charge >= 0.3 is 5.97 Å². The highest BCUT2D eigenvalue weighted by Crippen LogP contribution is 2.55. The molecule has 2 saturated heterocycles. The van der Waals surface area contributed by atoms with E-state index in [0.717, 1.165) is 0 Å². The van der Waals surface area contributed by atoms with E-state index in [0.29, 0.717) is 5.75 Å². The first-order valence-corrected chi connectivity index (χ1v) is 11.2. The second-order valence-electron chi connectivity index (χ2n) is 7.50. The molecule has 0 unspecified atom stereocenters. The quantitative estimate of drug-likeness (QED) is 0.260. The van der Waals surface area contributed by atoms with Crippen LogP contribution in [0.25, 0.3) is 0 Å². The Kier molecular flexibility index (Phi) is 6.93. The van der Waals surface area contributed by atoms with Crippen LogP contribution in [0, 0.1) is 0 Å². The van der Waals surface area contributed by atoms with E-state index >= 15 is 0 Å². The van der Waals surface area contributed by atoms with Crippen LogP contribution in [0.4, 0.5) is 0 Å². The van der Waals surface area contributed by atoms with Crippen LogP contribution in [0.3, 0.4) is 0 Å². The number of nitrogens with one attached hydrogen (secondary N) is 1. The van der Waals surface area contributed by atoms with Crippen molar-refractivity contribution in [1.82, 2.24) is 10.2 Å². The first-order valence-electron chi connectivity index (χ1n) is 9.19. The number of amides is 2. The lowest BCUT2D eigenvalue weighted by Crippen LogP contribution is -2.80. The van der Waals surface area contributed by atoms with Crippen molar-refractivity contribution in [2.45, 2.75) is 39.5 Å². The number of methoxy groups -OCH3 is 1. The van der Waals surface area contributed by atoms with Gasteiger partial charge in [0, 0.05) is 11.9 Å². The van der Waals surface area contributed by atoms with Crippen LogP contribution >= 0.6 is 46.6 Å². The number of halogens is 3. The lowest BCUT2D eigenvalue weighted by molar-refractivity contribution is -0.202. The number of hydrogen-bond acceptors (Lipinski definition) is 7. The van der Waals surface area contributed by atoms with E-state index in [1.165, 1.54) is 23.8 Å². The van der Waals surface area contributed by atoms with Gasteiger partial charge in [0.1, 0.15) is 23.8 Å². The summed E-state index contributed by atoms with van der Waals surface area (Å²) in [6, 6.07) is 7.84. The minimum atomic E-state index is -1.77. The zero-order valence-electron chi connectivity index (χ0n) is 16.9. The average Bonchev–Trinajstić information content (AvgIpc) is 2.97. The van der Waals surface area contributed by atoms with Crippen molar-refractivity contribution in [2.75, 3.05) is 20.3 Å². The lowest BCUT2D eigenvalue weighted by Gasteiger charge is -2.51. The van der Waals surface area contributed by atoms with E-state index in [2.05, 4.69) is 5.32 Å². The second-order valence-corrected chi connectivity index (χ2v) is 11.8. The van der Waals surface area contributed by atoms with Gasteiger partial charge in [-0.15, -0.1) is 11.8 Å². The highest BCUT2D eigenvalue weighted by atomic mass is 35.6. The molecule has 0 radical (unpaired) electrons. The van der Waals surface area contributed by atoms with Gasteiger partial charge in [0.15, 0.2) is 6.61 Å². The van der Waals surface area contributed by atoms with Gasteiger partial charge in [0.05, 0.1) is 0 Å². The number of benzene rings is 1. The number of para-hydroxylation sites is 1. The maximum Gasteiger partial charge on any atom is 0.330 e. The number of thioether (sulfide) groups is 1. The van der Waals surface area contributed by atoms with Gasteiger partial charge in [-0.1, -0.05) is 53.0 Å². The molecule has 2 aliphatic rings. The lowest BCUT2D eigenvalue weighted by atomic mass is 9.93. The van der Waals surface area contributed by atoms with E-state index in [1.54, 1.807) is 38.1 Å². The van der Waals surface area contributed by atoms with E-state index in [1.807, 2.05) is 6.07 Å². The van der Waals surface area contributed by atoms with Gasteiger partial charge in [0.2, 0.25) is 3.79 Å². The molecule has 3 rings (SSSR count). The Labute approximate surface area is 198 Å². The van der Waals surface area contributed by atoms with Crippen LogP contribution in [0.1, 0.15) is 13.8 Å². The predicted octanol–water partition coefficient (Wildman–Crippen LogP) is 2.50. The fraction of sp³-hybridized carbons (Fsp3) is 0.526. The largest absolute Gasteiger partial charge is 0.484 e. The molecule has 1 aromatic rings. The minimum Gasteiger partial charge on any atom is -0.484 e. The summed E-state index contributed by atoms with van der Waals surface area (Å²) in [6.45, 7) is 2.80. The van der Waals surface area contributed by atoms with Crippen molar-refractivity contribution >= 4 is 64.3 Å². The molecule has 2 amide bonds. The predicted molar refractivity (Wildman–Crippen MR) is 117 cm³/mol. The normalized spacial score (nSPS) is 26.6. The summed E-state index contributed by atoms with van der Waals surface area (Å²) in [7, 11) is 1.32. The van der Waals surface area contributed by atoms with Crippen molar-refractivity contribution in [1.29, 1.82) is 0 Å². The fourth-order valence-corrected chi connectivity index (χ4v) is 5.34. The van der Waals surface area contributed by atoms with Gasteiger partial charge in [-0.2, -0.15) is 0 Å². The van der Waals surface area contributed by atoms with Crippen molar-refractivity contribution in [3.8, 4) is 5.75 Å². The molecule has 8 nitrogen and oxygen atoms in total. The number of esters is 1. The Bertz CT molecular complexity index is 866. The summed E-state index contributed by atoms with van der Waals surface area (Å²) >= 11 is 18.3. The number of carbonyl (C=O) groups is 3. The fourth-order valence-electron chi connectivity index (χ4n) is 3.51. The van der Waals surface area contributed by atoms with Crippen molar-refractivity contribution < 1.29 is 28.6 Å². The molecule has 2 aliphatic heterocycles. The average molecular weight is 512 g/mol. The molecule has 0 bridgehead atoms. The zero-order valence-corrected chi connectivity index (χ0v) is 20.0. The van der Waals surface area contributed by atoms with Crippen LogP contribution in [-0.4, -0.2) is 68.7 Å². The molecule has 12 heteroatoms. The van der Waals surface area contributed by atoms with Crippen LogP contribution in [-0.2, 0) is 23.9 Å². The summed E-state index contributed by atoms with van der Waals surface area (Å²) in [4.78, 5) is 39.5. The Morgan fingerprint density at radius 3 is 2.45 bits per heavy atom. The third-order valence-electron chi connectivity index (χ3n) is 4.87. The second kappa shape index (κ2) is 8.86. The molecule has 0 saturated carbocycles. The number of carbonyl (C=O) groups excluding carboxylic acids is 3. The molecule has 2 fully saturated rings. The summed E-state index contributed by atoms with van der Waals surface area (Å²) in [5, 5.41) is 1.96. The zero-order chi connectivity index (χ0) is 23.0. The molecule has 31 heavy (non-hydrogen) atoms. The Morgan fingerprint density at radius 2 is 1.87 bits per heavy atom. The Hall–Kier alpha value is -1.39. The topological polar surface area (TPSA) is 94.2 Å². The van der Waals surface area contributed by atoms with Gasteiger partial charge in [0.25, 0.3) is 17.5 Å². The summed E-state index contributed by atoms with van der Waals surface area (Å²) in [5.41, 5.74) is -1.62. The van der Waals surface area contributed by atoms with Crippen LogP contribution in [0.2, 0.25) is 0 Å². The van der Waals surface area contributed by atoms with E-state index in [9.17, 15) is 14.4 Å². The molecular formula is C19H21Cl3N2O6S. The standard InChI is InChI=1S/C19H21Cl3N2O6S/c1-17(2)13(14(26)30-10-18(20,21)22)24-15(27)19(28-3,16(24)31-17)23-12(25)9-29-11-7-5-4-6-8-11/h4-8,13,16H,9-10H2,1-3H3,(H,23,25)/t13-,16+,19+/m0/s1. The molecular weight excluding hydrogens is 491 g/mol. The third kappa shape index (κ3) is 4.85. The minimum absolute atomic E-state index is 0.308. The van der Waals surface area contributed by atoms with Crippen LogP contribution < -0.4 is 10.1 Å². The SMILES string of the molecule is CO[C@]1(NC(=O)COc2ccccc2)C(=O)N2[C@@H](C(=O)OCC(Cl)(Cl)Cl)C(C)(C)S[C@@H]21. The monoisotopic (exact) mass is 510 g/mol. The Balaban J connectivity index is 1.70. The highest BCUT2D eigenvalue weighted by Gasteiger charge is 2.73. The molecule has 1 aromatic carbocycles. The summed E-state index contributed by atoms with van der Waals surface area (Å²) in [5.74, 6) is -1.30. The molecule has 3 atom stereocenters. The molecule has 0 aliphatic carbocycles. The summed E-state index contributed by atoms with van der Waals surface area (Å²) in [6.07, 6.45) is 0. The van der Waals surface area contributed by atoms with Crippen molar-refractivity contribution in [2.24, 2.45) is 0 Å². The maximum atomic E-state index is 13.1. The molecule has 170 valence electrons. The number of ether oxygens (including phenoxy) is 3. The molecule has 1 N–H and O–H groups in total. The number of β-lactam (4-membered cyclic amide) rings is 1. The number of alkyl halides is 3. The van der Waals surface area contributed by atoms with Gasteiger partial charge in [-0.25, -0.2) is 4.79 Å². The first-order chi connectivity index (χ1) is 14.4. The molecule has 0 spiro atoms. The van der Waals surface area contributed by atoms with Crippen molar-refractivity contribution in [3.05, 3.63) is 30.3 Å². The number of fused-ring (bicyclic) bond motifs is 1. The number of hydrogen-bond donors (Lipinski definition) is 1. The van der Waals surface area contributed by atoms with Gasteiger partial charge in [-0.05, 0) is 26.0 Å². The maximum absolute atomic E-state index is 13.1. The van der Waals surface area contributed by atoms with E-state index in [-0.39, 0.29) is 6.61 Å². The van der Waals surface area contributed by atoms with Crippen LogP contribution in [0.15, 0.2) is 30.3 Å². The highest BCUT2D eigenvalue weighted by molar-refractivity contribution is 8.01. The molecule has 0 aromatic heterocycles. The van der Waals surface area contributed by atoms with E-state index in [4.69, 9.17) is 49.0 Å². The molecule has 2 heterocycles. The van der Waals surface area contributed by atoms with Gasteiger partial charge in [-0.3, -0.25) is 9.59 Å². The smallest absolute Gasteiger partial charge is 0.330 e. The van der Waals surface area contributed by atoms with Crippen LogP contribution in [0.5, 0.6) is 5.75 Å². The number of nitrogens with zero attached hydrogens (tertiary/aromatic N) is 1. The Morgan fingerprint density at radius 1 is 1.23 bits per heavy atom. The number of rotatable bonds is 7. The third-order valence-corrected chi connectivity index (χ3v) is 6.81. The summed E-state index contributed by atoms with van der Waals surface area (Å²) < 4.78 is 13.5. The van der Waals surface area contributed by atoms with Gasteiger partial charge < -0.3 is 24.4 Å². The first kappa shape index (κ1) is 24.3. The van der Waals surface area contributed by atoms with Crippen molar-refractivity contribution in [3.63, 3.8) is 0 Å².